The highest BCUT2D eigenvalue weighted by Crippen LogP contribution is 2.27. The fourth-order valence-electron chi connectivity index (χ4n) is 1.68. The van der Waals surface area contributed by atoms with Crippen LogP contribution >= 0.6 is 0 Å². The SMILES string of the molecule is CCNCCC(=O)Nc1cc(NC(C)=O)ccc1OC. The van der Waals surface area contributed by atoms with Crippen molar-refractivity contribution in [2.24, 2.45) is 0 Å². The van der Waals surface area contributed by atoms with Crippen LogP contribution in [0.1, 0.15) is 20.3 Å². The van der Waals surface area contributed by atoms with E-state index in [9.17, 15) is 9.59 Å². The van der Waals surface area contributed by atoms with Gasteiger partial charge in [-0.15, -0.1) is 0 Å². The number of hydrogen-bond donors (Lipinski definition) is 3. The molecule has 0 unspecified atom stereocenters. The van der Waals surface area contributed by atoms with Gasteiger partial charge in [-0.3, -0.25) is 9.59 Å². The Bertz CT molecular complexity index is 475. The number of benzene rings is 1. The van der Waals surface area contributed by atoms with Crippen LogP contribution in [0.4, 0.5) is 11.4 Å². The zero-order valence-corrected chi connectivity index (χ0v) is 12.1. The van der Waals surface area contributed by atoms with Crippen LogP contribution in [0.5, 0.6) is 5.75 Å². The molecule has 2 amide bonds. The minimum Gasteiger partial charge on any atom is -0.495 e. The predicted molar refractivity (Wildman–Crippen MR) is 79.1 cm³/mol. The fourth-order valence-corrected chi connectivity index (χ4v) is 1.68. The molecule has 1 aromatic rings. The van der Waals surface area contributed by atoms with E-state index in [0.717, 1.165) is 6.54 Å². The molecule has 0 heterocycles. The highest BCUT2D eigenvalue weighted by atomic mass is 16.5. The molecule has 0 saturated carbocycles. The van der Waals surface area contributed by atoms with Crippen molar-refractivity contribution >= 4 is 23.2 Å². The lowest BCUT2D eigenvalue weighted by Crippen LogP contribution is -2.21. The number of hydrogen-bond acceptors (Lipinski definition) is 4. The van der Waals surface area contributed by atoms with Crippen molar-refractivity contribution in [1.82, 2.24) is 5.32 Å². The molecule has 3 N–H and O–H groups in total. The molecule has 0 fully saturated rings. The number of methoxy groups -OCH3 is 1. The molecular formula is C14H21N3O3. The van der Waals surface area contributed by atoms with E-state index >= 15 is 0 Å². The molecule has 0 aliphatic heterocycles. The summed E-state index contributed by atoms with van der Waals surface area (Å²) < 4.78 is 5.19. The van der Waals surface area contributed by atoms with Crippen molar-refractivity contribution in [2.75, 3.05) is 30.8 Å². The largest absolute Gasteiger partial charge is 0.495 e. The lowest BCUT2D eigenvalue weighted by atomic mass is 10.2. The summed E-state index contributed by atoms with van der Waals surface area (Å²) in [6, 6.07) is 5.09. The summed E-state index contributed by atoms with van der Waals surface area (Å²) in [7, 11) is 1.53. The number of rotatable bonds is 7. The molecule has 6 heteroatoms. The monoisotopic (exact) mass is 279 g/mol. The van der Waals surface area contributed by atoms with E-state index in [4.69, 9.17) is 4.74 Å². The molecule has 20 heavy (non-hydrogen) atoms. The van der Waals surface area contributed by atoms with Gasteiger partial charge in [-0.05, 0) is 24.7 Å². The third-order valence-corrected chi connectivity index (χ3v) is 2.57. The fraction of sp³-hybridized carbons (Fsp3) is 0.429. The van der Waals surface area contributed by atoms with Gasteiger partial charge in [0.15, 0.2) is 0 Å². The summed E-state index contributed by atoms with van der Waals surface area (Å²) in [6.07, 6.45) is 0.376. The van der Waals surface area contributed by atoms with Crippen LogP contribution in [0.3, 0.4) is 0 Å². The summed E-state index contributed by atoms with van der Waals surface area (Å²) in [5, 5.41) is 8.52. The van der Waals surface area contributed by atoms with E-state index < -0.39 is 0 Å². The lowest BCUT2D eigenvalue weighted by Gasteiger charge is -2.12. The predicted octanol–water partition coefficient (Wildman–Crippen LogP) is 1.59. The maximum absolute atomic E-state index is 11.8. The van der Waals surface area contributed by atoms with Gasteiger partial charge >= 0.3 is 0 Å². The van der Waals surface area contributed by atoms with E-state index in [1.54, 1.807) is 18.2 Å². The summed E-state index contributed by atoms with van der Waals surface area (Å²) >= 11 is 0. The molecule has 0 aromatic heterocycles. The lowest BCUT2D eigenvalue weighted by molar-refractivity contribution is -0.116. The summed E-state index contributed by atoms with van der Waals surface area (Å²) in [5.41, 5.74) is 1.15. The van der Waals surface area contributed by atoms with Crippen molar-refractivity contribution in [3.63, 3.8) is 0 Å². The number of ether oxygens (including phenoxy) is 1. The van der Waals surface area contributed by atoms with Crippen molar-refractivity contribution in [1.29, 1.82) is 0 Å². The number of anilines is 2. The first-order valence-corrected chi connectivity index (χ1v) is 6.53. The Balaban J connectivity index is 2.74. The molecule has 1 aromatic carbocycles. The number of nitrogens with one attached hydrogen (secondary N) is 3. The Labute approximate surface area is 118 Å². The Morgan fingerprint density at radius 3 is 2.60 bits per heavy atom. The standard InChI is InChI=1S/C14H21N3O3/c1-4-15-8-7-14(19)17-12-9-11(16-10(2)18)5-6-13(12)20-3/h5-6,9,15H,4,7-8H2,1-3H3,(H,16,18)(H,17,19). The summed E-state index contributed by atoms with van der Waals surface area (Å²) in [4.78, 5) is 22.8. The smallest absolute Gasteiger partial charge is 0.225 e. The van der Waals surface area contributed by atoms with Gasteiger partial charge in [0.2, 0.25) is 11.8 Å². The molecule has 0 radical (unpaired) electrons. The van der Waals surface area contributed by atoms with Crippen molar-refractivity contribution in [3.8, 4) is 5.75 Å². The van der Waals surface area contributed by atoms with Crippen molar-refractivity contribution in [2.45, 2.75) is 20.3 Å². The average Bonchev–Trinajstić information content (AvgIpc) is 2.38. The summed E-state index contributed by atoms with van der Waals surface area (Å²) in [6.45, 7) is 4.86. The first kappa shape index (κ1) is 16.0. The second-order valence-corrected chi connectivity index (χ2v) is 4.25. The third kappa shape index (κ3) is 5.27. The molecule has 0 saturated heterocycles. The van der Waals surface area contributed by atoms with E-state index in [1.165, 1.54) is 14.0 Å². The minimum absolute atomic E-state index is 0.107. The Hall–Kier alpha value is -2.08. The van der Waals surface area contributed by atoms with Gasteiger partial charge in [-0.1, -0.05) is 6.92 Å². The van der Waals surface area contributed by atoms with Crippen LogP contribution in [-0.4, -0.2) is 32.0 Å². The van der Waals surface area contributed by atoms with Gasteiger partial charge in [0.25, 0.3) is 0 Å². The van der Waals surface area contributed by atoms with Gasteiger partial charge in [0, 0.05) is 25.6 Å². The highest BCUT2D eigenvalue weighted by molar-refractivity contribution is 5.95. The molecule has 0 aliphatic rings. The number of amides is 2. The van der Waals surface area contributed by atoms with E-state index in [-0.39, 0.29) is 11.8 Å². The van der Waals surface area contributed by atoms with Crippen molar-refractivity contribution in [3.05, 3.63) is 18.2 Å². The van der Waals surface area contributed by atoms with E-state index in [0.29, 0.717) is 30.1 Å². The van der Waals surface area contributed by atoms with Crippen LogP contribution in [0.15, 0.2) is 18.2 Å². The van der Waals surface area contributed by atoms with Crippen molar-refractivity contribution < 1.29 is 14.3 Å². The third-order valence-electron chi connectivity index (χ3n) is 2.57. The maximum atomic E-state index is 11.8. The van der Waals surface area contributed by atoms with Gasteiger partial charge in [0.1, 0.15) is 5.75 Å². The molecule has 1 rings (SSSR count). The summed E-state index contributed by atoms with van der Waals surface area (Å²) in [5.74, 6) is 0.278. The van der Waals surface area contributed by atoms with Crippen LogP contribution in [0, 0.1) is 0 Å². The Morgan fingerprint density at radius 1 is 1.25 bits per heavy atom. The topological polar surface area (TPSA) is 79.5 Å². The Morgan fingerprint density at radius 2 is 2.00 bits per heavy atom. The van der Waals surface area contributed by atoms with E-state index in [2.05, 4.69) is 16.0 Å². The van der Waals surface area contributed by atoms with Gasteiger partial charge in [-0.2, -0.15) is 0 Å². The Kier molecular flexibility index (Phi) is 6.52. The maximum Gasteiger partial charge on any atom is 0.225 e. The second-order valence-electron chi connectivity index (χ2n) is 4.25. The van der Waals surface area contributed by atoms with Crippen LogP contribution in [0.2, 0.25) is 0 Å². The zero-order chi connectivity index (χ0) is 15.0. The quantitative estimate of drug-likeness (QED) is 0.662. The van der Waals surface area contributed by atoms with Crippen LogP contribution < -0.4 is 20.7 Å². The normalized spacial score (nSPS) is 9.95. The molecule has 0 aliphatic carbocycles. The first-order chi connectivity index (χ1) is 9.56. The van der Waals surface area contributed by atoms with Gasteiger partial charge in [0.05, 0.1) is 12.8 Å². The molecule has 110 valence electrons. The minimum atomic E-state index is -0.167. The van der Waals surface area contributed by atoms with Gasteiger partial charge in [-0.25, -0.2) is 0 Å². The van der Waals surface area contributed by atoms with Crippen LogP contribution in [0.25, 0.3) is 0 Å². The molecule has 6 nitrogen and oxygen atoms in total. The molecule has 0 bridgehead atoms. The number of carbonyl (C=O) groups excluding carboxylic acids is 2. The van der Waals surface area contributed by atoms with Gasteiger partial charge < -0.3 is 20.7 Å². The molecule has 0 spiro atoms. The average molecular weight is 279 g/mol. The zero-order valence-electron chi connectivity index (χ0n) is 12.1. The first-order valence-electron chi connectivity index (χ1n) is 6.53. The number of carbonyl (C=O) groups is 2. The highest BCUT2D eigenvalue weighted by Gasteiger charge is 2.09. The van der Waals surface area contributed by atoms with Crippen LogP contribution in [-0.2, 0) is 9.59 Å². The van der Waals surface area contributed by atoms with E-state index in [1.807, 2.05) is 6.92 Å². The molecule has 0 atom stereocenters. The molecular weight excluding hydrogens is 258 g/mol. The second kappa shape index (κ2) is 8.16.